The number of nitrogens with zero attached hydrogens (tertiary/aromatic N) is 1. The fraction of sp³-hybridized carbons (Fsp3) is 0.417. The average Bonchev–Trinajstić information content (AvgIpc) is 2.67. The van der Waals surface area contributed by atoms with Gasteiger partial charge in [-0.05, 0) is 47.9 Å². The molecule has 1 aliphatic rings. The molecule has 0 aliphatic carbocycles. The van der Waals surface area contributed by atoms with Gasteiger partial charge in [0.25, 0.3) is 0 Å². The largest absolute Gasteiger partial charge is 0.356 e. The third-order valence-corrected chi connectivity index (χ3v) is 5.30. The van der Waals surface area contributed by atoms with Gasteiger partial charge in [-0.3, -0.25) is 9.59 Å². The summed E-state index contributed by atoms with van der Waals surface area (Å²) >= 11 is 0. The Kier molecular flexibility index (Phi) is 6.85. The van der Waals surface area contributed by atoms with Crippen molar-refractivity contribution in [2.45, 2.75) is 52.5 Å². The zero-order valence-electron chi connectivity index (χ0n) is 16.9. The van der Waals surface area contributed by atoms with Crippen LogP contribution in [0.4, 0.5) is 5.69 Å². The third kappa shape index (κ3) is 5.22. The van der Waals surface area contributed by atoms with Crippen LogP contribution in [0.15, 0.2) is 48.5 Å². The van der Waals surface area contributed by atoms with Crippen molar-refractivity contribution < 1.29 is 9.59 Å². The van der Waals surface area contributed by atoms with Gasteiger partial charge in [-0.1, -0.05) is 56.3 Å². The summed E-state index contributed by atoms with van der Waals surface area (Å²) in [7, 11) is 0. The first-order valence-electron chi connectivity index (χ1n) is 10.3. The monoisotopic (exact) mass is 378 g/mol. The molecular weight excluding hydrogens is 348 g/mol. The van der Waals surface area contributed by atoms with E-state index in [2.05, 4.69) is 43.4 Å². The molecule has 148 valence electrons. The number of fused-ring (bicyclic) bond motifs is 2. The molecule has 4 heteroatoms. The second kappa shape index (κ2) is 9.54. The molecule has 0 unspecified atom stereocenters. The first-order valence-corrected chi connectivity index (χ1v) is 10.3. The molecule has 1 heterocycles. The molecule has 1 aliphatic heterocycles. The fourth-order valence-electron chi connectivity index (χ4n) is 3.63. The quantitative estimate of drug-likeness (QED) is 0.816. The molecule has 0 bridgehead atoms. The number of amides is 2. The summed E-state index contributed by atoms with van der Waals surface area (Å²) in [5, 5.41) is 2.92. The normalized spacial score (nSPS) is 13.3. The average molecular weight is 379 g/mol. The lowest BCUT2D eigenvalue weighted by Crippen LogP contribution is -2.34. The van der Waals surface area contributed by atoms with E-state index in [1.807, 2.05) is 29.2 Å². The van der Waals surface area contributed by atoms with Crippen LogP contribution in [-0.4, -0.2) is 18.4 Å². The maximum Gasteiger partial charge on any atom is 0.227 e. The van der Waals surface area contributed by atoms with Gasteiger partial charge in [0.15, 0.2) is 0 Å². The Morgan fingerprint density at radius 1 is 0.929 bits per heavy atom. The van der Waals surface area contributed by atoms with E-state index in [0.717, 1.165) is 24.9 Å². The predicted octanol–water partition coefficient (Wildman–Crippen LogP) is 4.26. The Bertz CT molecular complexity index is 829. The Labute approximate surface area is 167 Å². The summed E-state index contributed by atoms with van der Waals surface area (Å²) in [5.74, 6) is 0.512. The van der Waals surface area contributed by atoms with Gasteiger partial charge in [0.2, 0.25) is 11.8 Å². The van der Waals surface area contributed by atoms with Crippen molar-refractivity contribution in [2.24, 2.45) is 5.92 Å². The van der Waals surface area contributed by atoms with E-state index < -0.39 is 0 Å². The highest BCUT2D eigenvalue weighted by molar-refractivity contribution is 5.96. The van der Waals surface area contributed by atoms with Crippen molar-refractivity contribution in [3.63, 3.8) is 0 Å². The maximum absolute atomic E-state index is 13.1. The number of aryl methyl sites for hydroxylation is 2. The molecule has 1 N–H and O–H groups in total. The minimum atomic E-state index is -0.0465. The predicted molar refractivity (Wildman–Crippen MR) is 113 cm³/mol. The third-order valence-electron chi connectivity index (χ3n) is 5.30. The number of hydrogen-bond acceptors (Lipinski definition) is 2. The number of nitrogens with one attached hydrogen (secondary N) is 1. The summed E-state index contributed by atoms with van der Waals surface area (Å²) in [4.78, 5) is 27.0. The number of benzene rings is 2. The fourth-order valence-corrected chi connectivity index (χ4v) is 3.63. The van der Waals surface area contributed by atoms with Crippen molar-refractivity contribution in [1.82, 2.24) is 5.32 Å². The van der Waals surface area contributed by atoms with E-state index in [1.54, 1.807) is 0 Å². The molecule has 2 aromatic carbocycles. The molecule has 0 radical (unpaired) electrons. The van der Waals surface area contributed by atoms with Crippen LogP contribution in [0.5, 0.6) is 0 Å². The lowest BCUT2D eigenvalue weighted by Gasteiger charge is -2.29. The summed E-state index contributed by atoms with van der Waals surface area (Å²) in [6.45, 7) is 5.49. The maximum atomic E-state index is 13.1. The highest BCUT2D eigenvalue weighted by Crippen LogP contribution is 2.29. The highest BCUT2D eigenvalue weighted by atomic mass is 16.2. The molecule has 0 saturated carbocycles. The van der Waals surface area contributed by atoms with Crippen LogP contribution in [0.2, 0.25) is 0 Å². The van der Waals surface area contributed by atoms with Crippen LogP contribution < -0.4 is 10.2 Å². The van der Waals surface area contributed by atoms with E-state index >= 15 is 0 Å². The molecule has 2 amide bonds. The van der Waals surface area contributed by atoms with Gasteiger partial charge in [-0.2, -0.15) is 0 Å². The molecule has 0 spiro atoms. The van der Waals surface area contributed by atoms with E-state index in [0.29, 0.717) is 19.0 Å². The van der Waals surface area contributed by atoms with Gasteiger partial charge >= 0.3 is 0 Å². The van der Waals surface area contributed by atoms with Crippen LogP contribution in [-0.2, 0) is 29.0 Å². The summed E-state index contributed by atoms with van der Waals surface area (Å²) < 4.78 is 0. The number of carbonyl (C=O) groups is 2. The summed E-state index contributed by atoms with van der Waals surface area (Å²) in [5.41, 5.74) is 4.64. The molecular formula is C24H30N2O2. The first kappa shape index (κ1) is 20.1. The number of anilines is 1. The Morgan fingerprint density at radius 2 is 1.57 bits per heavy atom. The lowest BCUT2D eigenvalue weighted by molar-refractivity contribution is -0.125. The summed E-state index contributed by atoms with van der Waals surface area (Å²) in [6.07, 6.45) is 3.30. The molecule has 3 rings (SSSR count). The van der Waals surface area contributed by atoms with E-state index in [9.17, 15) is 9.59 Å². The number of hydrogen-bond donors (Lipinski definition) is 1. The second-order valence-corrected chi connectivity index (χ2v) is 7.91. The van der Waals surface area contributed by atoms with Crippen LogP contribution in [0, 0.1) is 5.92 Å². The van der Waals surface area contributed by atoms with Crippen molar-refractivity contribution in [2.75, 3.05) is 11.4 Å². The van der Waals surface area contributed by atoms with Crippen molar-refractivity contribution in [1.29, 1.82) is 0 Å². The lowest BCUT2D eigenvalue weighted by atomic mass is 9.95. The summed E-state index contributed by atoms with van der Waals surface area (Å²) in [6, 6.07) is 16.4. The first-order chi connectivity index (χ1) is 13.5. The Balaban J connectivity index is 1.71. The van der Waals surface area contributed by atoms with Gasteiger partial charge in [0, 0.05) is 25.1 Å². The van der Waals surface area contributed by atoms with Crippen LogP contribution in [0.25, 0.3) is 0 Å². The highest BCUT2D eigenvalue weighted by Gasteiger charge is 2.22. The second-order valence-electron chi connectivity index (χ2n) is 7.91. The van der Waals surface area contributed by atoms with Gasteiger partial charge in [0.1, 0.15) is 0 Å². The Hall–Kier alpha value is -2.62. The van der Waals surface area contributed by atoms with Crippen LogP contribution in [0.3, 0.4) is 0 Å². The molecule has 28 heavy (non-hydrogen) atoms. The topological polar surface area (TPSA) is 49.4 Å². The number of para-hydroxylation sites is 1. The SMILES string of the molecule is CC(C)CCNC(=O)CCC(=O)N1Cc2ccccc2CCc2ccccc21. The van der Waals surface area contributed by atoms with Crippen LogP contribution in [0.1, 0.15) is 49.8 Å². The molecule has 0 aromatic heterocycles. The van der Waals surface area contributed by atoms with Crippen molar-refractivity contribution in [3.8, 4) is 0 Å². The van der Waals surface area contributed by atoms with Crippen molar-refractivity contribution in [3.05, 3.63) is 65.2 Å². The zero-order chi connectivity index (χ0) is 19.9. The van der Waals surface area contributed by atoms with E-state index in [1.165, 1.54) is 16.7 Å². The molecule has 0 saturated heterocycles. The number of rotatable bonds is 6. The molecule has 0 fully saturated rings. The molecule has 2 aromatic rings. The van der Waals surface area contributed by atoms with Gasteiger partial charge in [-0.25, -0.2) is 0 Å². The Morgan fingerprint density at radius 3 is 2.32 bits per heavy atom. The van der Waals surface area contributed by atoms with Gasteiger partial charge in [0.05, 0.1) is 6.54 Å². The van der Waals surface area contributed by atoms with Gasteiger partial charge in [-0.15, -0.1) is 0 Å². The standard InChI is InChI=1S/C24H30N2O2/c1-18(2)15-16-25-23(27)13-14-24(28)26-17-21-9-4-3-7-19(21)11-12-20-8-5-6-10-22(20)26/h3-10,18H,11-17H2,1-2H3,(H,25,27). The van der Waals surface area contributed by atoms with E-state index in [-0.39, 0.29) is 24.7 Å². The minimum Gasteiger partial charge on any atom is -0.356 e. The smallest absolute Gasteiger partial charge is 0.227 e. The number of carbonyl (C=O) groups excluding carboxylic acids is 2. The van der Waals surface area contributed by atoms with Crippen molar-refractivity contribution >= 4 is 17.5 Å². The molecule has 0 atom stereocenters. The van der Waals surface area contributed by atoms with Crippen LogP contribution >= 0.6 is 0 Å². The van der Waals surface area contributed by atoms with Gasteiger partial charge < -0.3 is 10.2 Å². The molecule has 4 nitrogen and oxygen atoms in total. The van der Waals surface area contributed by atoms with E-state index in [4.69, 9.17) is 0 Å². The zero-order valence-corrected chi connectivity index (χ0v) is 16.9. The minimum absolute atomic E-state index is 0.00293.